The van der Waals surface area contributed by atoms with Gasteiger partial charge in [0.1, 0.15) is 12.2 Å². The van der Waals surface area contributed by atoms with Gasteiger partial charge in [-0.15, -0.1) is 0 Å². The normalized spacial score (nSPS) is 19.6. The molecule has 2 N–H and O–H groups in total. The lowest BCUT2D eigenvalue weighted by Crippen LogP contribution is -2.37. The highest BCUT2D eigenvalue weighted by Crippen LogP contribution is 2.11. The summed E-state index contributed by atoms with van der Waals surface area (Å²) in [5, 5.41) is 7.76. The van der Waals surface area contributed by atoms with Gasteiger partial charge in [-0.1, -0.05) is 0 Å². The zero-order valence-corrected chi connectivity index (χ0v) is 9.06. The Morgan fingerprint density at radius 2 is 2.56 bits per heavy atom. The minimum Gasteiger partial charge on any atom is -0.367 e. The van der Waals surface area contributed by atoms with Crippen molar-refractivity contribution in [2.75, 3.05) is 0 Å². The summed E-state index contributed by atoms with van der Waals surface area (Å²) in [6.07, 6.45) is 7.78. The summed E-state index contributed by atoms with van der Waals surface area (Å²) in [4.78, 5) is 7.28. The van der Waals surface area contributed by atoms with Crippen molar-refractivity contribution in [3.63, 3.8) is 0 Å². The Morgan fingerprint density at radius 3 is 3.44 bits per heavy atom. The molecule has 1 aliphatic heterocycles. The van der Waals surface area contributed by atoms with Crippen LogP contribution in [0.4, 0.5) is 0 Å². The van der Waals surface area contributed by atoms with Gasteiger partial charge in [0.25, 0.3) is 0 Å². The third-order valence-corrected chi connectivity index (χ3v) is 3.06. The average Bonchev–Trinajstić information content (AvgIpc) is 2.97. The summed E-state index contributed by atoms with van der Waals surface area (Å²) >= 11 is 0. The maximum Gasteiger partial charge on any atom is 0.138 e. The fourth-order valence-electron chi connectivity index (χ4n) is 2.13. The molecule has 16 heavy (non-hydrogen) atoms. The van der Waals surface area contributed by atoms with Crippen LogP contribution in [0.25, 0.3) is 0 Å². The zero-order chi connectivity index (χ0) is 10.8. The molecule has 2 aromatic rings. The third kappa shape index (κ3) is 1.86. The average molecular weight is 217 g/mol. The number of aromatic amines is 1. The molecule has 0 saturated heterocycles. The molecule has 1 aliphatic rings. The van der Waals surface area contributed by atoms with Crippen molar-refractivity contribution < 1.29 is 0 Å². The van der Waals surface area contributed by atoms with Gasteiger partial charge >= 0.3 is 0 Å². The maximum atomic E-state index is 4.22. The van der Waals surface area contributed by atoms with Crippen LogP contribution in [-0.2, 0) is 19.5 Å². The van der Waals surface area contributed by atoms with Gasteiger partial charge in [0.05, 0.1) is 6.54 Å². The van der Waals surface area contributed by atoms with Gasteiger partial charge in [0, 0.05) is 31.4 Å². The quantitative estimate of drug-likeness (QED) is 0.796. The van der Waals surface area contributed by atoms with E-state index in [9.17, 15) is 0 Å². The van der Waals surface area contributed by atoms with Crippen LogP contribution >= 0.6 is 0 Å². The maximum absolute atomic E-state index is 4.22. The van der Waals surface area contributed by atoms with Crippen molar-refractivity contribution in [2.45, 2.75) is 32.0 Å². The van der Waals surface area contributed by atoms with Crippen LogP contribution in [0.3, 0.4) is 0 Å². The van der Waals surface area contributed by atoms with E-state index in [-0.39, 0.29) is 0 Å². The largest absolute Gasteiger partial charge is 0.367 e. The van der Waals surface area contributed by atoms with Crippen LogP contribution in [0, 0.1) is 0 Å². The first-order valence-electron chi connectivity index (χ1n) is 5.63. The predicted octanol–water partition coefficient (Wildman–Crippen LogP) is 0.711. The highest BCUT2D eigenvalue weighted by molar-refractivity contribution is 5.08. The van der Waals surface area contributed by atoms with E-state index in [1.54, 1.807) is 6.33 Å². The molecule has 3 rings (SSSR count). The smallest absolute Gasteiger partial charge is 0.138 e. The van der Waals surface area contributed by atoms with Crippen molar-refractivity contribution in [3.05, 3.63) is 36.2 Å². The van der Waals surface area contributed by atoms with Gasteiger partial charge < -0.3 is 10.3 Å². The van der Waals surface area contributed by atoms with Gasteiger partial charge in [-0.25, -0.2) is 9.67 Å². The van der Waals surface area contributed by atoms with Crippen molar-refractivity contribution in [2.24, 2.45) is 0 Å². The fourth-order valence-corrected chi connectivity index (χ4v) is 2.13. The lowest BCUT2D eigenvalue weighted by atomic mass is 10.1. The highest BCUT2D eigenvalue weighted by Gasteiger charge is 2.18. The molecule has 5 nitrogen and oxygen atoms in total. The monoisotopic (exact) mass is 217 g/mol. The summed E-state index contributed by atoms with van der Waals surface area (Å²) in [5.41, 5.74) is 1.30. The number of hydrogen-bond acceptors (Lipinski definition) is 3. The molecule has 0 spiro atoms. The summed E-state index contributed by atoms with van der Waals surface area (Å²) in [5.74, 6) is 1.11. The Balaban J connectivity index is 1.58. The first-order chi connectivity index (χ1) is 7.92. The number of aryl methyl sites for hydroxylation is 1. The Bertz CT molecular complexity index is 445. The van der Waals surface area contributed by atoms with Gasteiger partial charge in [-0.2, -0.15) is 5.10 Å². The van der Waals surface area contributed by atoms with Crippen LogP contribution in [0.1, 0.15) is 17.8 Å². The molecule has 0 aromatic carbocycles. The minimum atomic E-state index is 0.504. The second kappa shape index (κ2) is 4.09. The molecule has 0 bridgehead atoms. The van der Waals surface area contributed by atoms with E-state index in [1.807, 2.05) is 17.1 Å². The second-order valence-corrected chi connectivity index (χ2v) is 4.19. The molecular weight excluding hydrogens is 202 g/mol. The third-order valence-electron chi connectivity index (χ3n) is 3.06. The molecule has 0 fully saturated rings. The van der Waals surface area contributed by atoms with Gasteiger partial charge in [0.2, 0.25) is 0 Å². The first kappa shape index (κ1) is 9.59. The van der Waals surface area contributed by atoms with E-state index in [2.05, 4.69) is 26.4 Å². The van der Waals surface area contributed by atoms with E-state index in [0.29, 0.717) is 6.04 Å². The number of nitrogens with one attached hydrogen (secondary N) is 2. The van der Waals surface area contributed by atoms with Crippen molar-refractivity contribution >= 4 is 0 Å². The van der Waals surface area contributed by atoms with Crippen LogP contribution < -0.4 is 5.32 Å². The molecule has 0 radical (unpaired) electrons. The van der Waals surface area contributed by atoms with E-state index in [0.717, 1.165) is 31.8 Å². The molecule has 0 aliphatic carbocycles. The molecule has 2 aromatic heterocycles. The Labute approximate surface area is 93.9 Å². The van der Waals surface area contributed by atoms with Gasteiger partial charge in [-0.3, -0.25) is 0 Å². The van der Waals surface area contributed by atoms with Crippen molar-refractivity contribution in [3.8, 4) is 0 Å². The van der Waals surface area contributed by atoms with Crippen LogP contribution in [0.5, 0.6) is 0 Å². The zero-order valence-electron chi connectivity index (χ0n) is 9.06. The molecule has 3 heterocycles. The van der Waals surface area contributed by atoms with E-state index < -0.39 is 0 Å². The van der Waals surface area contributed by atoms with Gasteiger partial charge in [0.15, 0.2) is 0 Å². The van der Waals surface area contributed by atoms with Crippen LogP contribution in [-0.4, -0.2) is 25.8 Å². The lowest BCUT2D eigenvalue weighted by molar-refractivity contribution is 0.358. The summed E-state index contributed by atoms with van der Waals surface area (Å²) in [6, 6.07) is 2.60. The number of hydrogen-bond donors (Lipinski definition) is 2. The van der Waals surface area contributed by atoms with E-state index in [4.69, 9.17) is 0 Å². The van der Waals surface area contributed by atoms with Gasteiger partial charge in [-0.05, 0) is 18.1 Å². The number of nitrogens with zero attached hydrogens (tertiary/aromatic N) is 3. The number of aromatic nitrogens is 4. The number of rotatable bonds is 3. The molecule has 0 saturated carbocycles. The Hall–Kier alpha value is -1.62. The van der Waals surface area contributed by atoms with Crippen LogP contribution in [0.15, 0.2) is 24.8 Å². The minimum absolute atomic E-state index is 0.504. The highest BCUT2D eigenvalue weighted by atomic mass is 15.3. The Morgan fingerprint density at radius 1 is 1.56 bits per heavy atom. The summed E-state index contributed by atoms with van der Waals surface area (Å²) in [6.45, 7) is 1.85. The van der Waals surface area contributed by atoms with Crippen molar-refractivity contribution in [1.82, 2.24) is 25.1 Å². The van der Waals surface area contributed by atoms with E-state index >= 15 is 0 Å². The van der Waals surface area contributed by atoms with E-state index in [1.165, 1.54) is 5.56 Å². The summed E-state index contributed by atoms with van der Waals surface area (Å²) < 4.78 is 2.00. The molecule has 1 atom stereocenters. The molecule has 1 unspecified atom stereocenters. The Kier molecular flexibility index (Phi) is 2.46. The predicted molar refractivity (Wildman–Crippen MR) is 59.8 cm³/mol. The fraction of sp³-hybridized carbons (Fsp3) is 0.455. The summed E-state index contributed by atoms with van der Waals surface area (Å²) in [7, 11) is 0. The molecule has 0 amide bonds. The topological polar surface area (TPSA) is 58.5 Å². The molecule has 84 valence electrons. The number of H-pyrrole nitrogens is 1. The molecule has 5 heteroatoms. The van der Waals surface area contributed by atoms with Crippen molar-refractivity contribution in [1.29, 1.82) is 0 Å². The SMILES string of the molecule is c1nc2n(n1)CC(NCc1cc[nH]c1)CC2. The lowest BCUT2D eigenvalue weighted by Gasteiger charge is -2.23. The number of fused-ring (bicyclic) bond motifs is 1. The first-order valence-corrected chi connectivity index (χ1v) is 5.63. The standard InChI is InChI=1S/C11H15N5/c1-2-11-14-8-15-16(11)7-10(1)13-6-9-3-4-12-5-9/h3-5,8,10,12-13H,1-2,6-7H2. The van der Waals surface area contributed by atoms with Crippen LogP contribution in [0.2, 0.25) is 0 Å². The second-order valence-electron chi connectivity index (χ2n) is 4.19. The molecular formula is C11H15N5.